The second-order valence-electron chi connectivity index (χ2n) is 6.21. The monoisotopic (exact) mass is 413 g/mol. The van der Waals surface area contributed by atoms with Crippen molar-refractivity contribution in [2.24, 2.45) is 0 Å². The first kappa shape index (κ1) is 20.3. The number of carbonyl (C=O) groups excluding carboxylic acids is 2. The van der Waals surface area contributed by atoms with E-state index >= 15 is 0 Å². The van der Waals surface area contributed by atoms with Crippen LogP contribution in [0.2, 0.25) is 0 Å². The molecule has 4 N–H and O–H groups in total. The molecule has 3 rings (SSSR count). The first-order valence-electron chi connectivity index (χ1n) is 8.72. The Morgan fingerprint density at radius 1 is 0.862 bits per heavy atom. The number of benzene rings is 3. The van der Waals surface area contributed by atoms with Gasteiger partial charge in [0.25, 0.3) is 5.91 Å². The van der Waals surface area contributed by atoms with Gasteiger partial charge in [-0.3, -0.25) is 20.4 Å². The van der Waals surface area contributed by atoms with Gasteiger partial charge in [0.05, 0.1) is 4.90 Å². The zero-order valence-electron chi connectivity index (χ0n) is 15.3. The lowest BCUT2D eigenvalue weighted by atomic mass is 10.1. The summed E-state index contributed by atoms with van der Waals surface area (Å²) in [5.74, 6) is -1.25. The maximum absolute atomic E-state index is 12.4. The number of carbonyl (C=O) groups is 2. The van der Waals surface area contributed by atoms with Crippen LogP contribution in [-0.2, 0) is 14.8 Å². The number of rotatable bonds is 6. The van der Waals surface area contributed by atoms with Crippen LogP contribution in [0.15, 0.2) is 71.6 Å². The van der Waals surface area contributed by atoms with Gasteiger partial charge in [-0.05, 0) is 41.1 Å². The molecule has 9 heteroatoms. The van der Waals surface area contributed by atoms with Crippen molar-refractivity contribution in [1.29, 1.82) is 0 Å². The molecule has 0 saturated heterocycles. The summed E-state index contributed by atoms with van der Waals surface area (Å²) in [6.45, 7) is -0.136. The maximum atomic E-state index is 12.4. The van der Waals surface area contributed by atoms with E-state index in [0.29, 0.717) is 0 Å². The predicted octanol–water partition coefficient (Wildman–Crippen LogP) is 1.67. The molecule has 0 aliphatic rings. The van der Waals surface area contributed by atoms with Gasteiger partial charge in [0.15, 0.2) is 0 Å². The normalized spacial score (nSPS) is 11.2. The number of aromatic hydroxyl groups is 1. The van der Waals surface area contributed by atoms with Crippen LogP contribution in [0.1, 0.15) is 16.8 Å². The first-order valence-corrected chi connectivity index (χ1v) is 10.2. The molecule has 8 nitrogen and oxygen atoms in total. The van der Waals surface area contributed by atoms with Crippen LogP contribution in [-0.4, -0.2) is 31.9 Å². The van der Waals surface area contributed by atoms with Gasteiger partial charge in [-0.25, -0.2) is 13.1 Å². The average Bonchev–Trinajstić information content (AvgIpc) is 2.71. The van der Waals surface area contributed by atoms with Gasteiger partial charge in [-0.1, -0.05) is 36.4 Å². The summed E-state index contributed by atoms with van der Waals surface area (Å²) in [7, 11) is -3.77. The smallest absolute Gasteiger partial charge is 0.269 e. The highest BCUT2D eigenvalue weighted by atomic mass is 32.2. The molecule has 0 aliphatic carbocycles. The zero-order chi connectivity index (χ0) is 20.9. The third-order valence-corrected chi connectivity index (χ3v) is 5.56. The van der Waals surface area contributed by atoms with Gasteiger partial charge < -0.3 is 5.11 Å². The van der Waals surface area contributed by atoms with Gasteiger partial charge in [0, 0.05) is 18.5 Å². The molecule has 29 heavy (non-hydrogen) atoms. The van der Waals surface area contributed by atoms with E-state index in [-0.39, 0.29) is 29.2 Å². The number of hydrazine groups is 1. The van der Waals surface area contributed by atoms with Crippen molar-refractivity contribution in [2.75, 3.05) is 6.54 Å². The Bertz CT molecular complexity index is 1160. The minimum atomic E-state index is -3.77. The molecular formula is C20H19N3O5S. The SMILES string of the molecule is O=C(CCNS(=O)(=O)c1ccc2ccccc2c1)NNC(=O)c1cccc(O)c1. The van der Waals surface area contributed by atoms with Crippen LogP contribution < -0.4 is 15.6 Å². The second kappa shape index (κ2) is 8.72. The summed E-state index contributed by atoms with van der Waals surface area (Å²) in [6.07, 6.45) is -0.173. The van der Waals surface area contributed by atoms with E-state index in [2.05, 4.69) is 15.6 Å². The molecule has 0 heterocycles. The van der Waals surface area contributed by atoms with Crippen molar-refractivity contribution < 1.29 is 23.1 Å². The van der Waals surface area contributed by atoms with Gasteiger partial charge in [-0.2, -0.15) is 0 Å². The summed E-state index contributed by atoms with van der Waals surface area (Å²) in [4.78, 5) is 23.8. The van der Waals surface area contributed by atoms with E-state index in [1.54, 1.807) is 12.1 Å². The number of hydrogen-bond acceptors (Lipinski definition) is 5. The highest BCUT2D eigenvalue weighted by Gasteiger charge is 2.15. The van der Waals surface area contributed by atoms with Gasteiger partial charge in [0.1, 0.15) is 5.75 Å². The predicted molar refractivity (Wildman–Crippen MR) is 107 cm³/mol. The highest BCUT2D eigenvalue weighted by molar-refractivity contribution is 7.89. The van der Waals surface area contributed by atoms with E-state index in [1.807, 2.05) is 24.3 Å². The second-order valence-corrected chi connectivity index (χ2v) is 7.98. The number of phenols is 1. The van der Waals surface area contributed by atoms with Crippen molar-refractivity contribution in [3.05, 3.63) is 72.3 Å². The van der Waals surface area contributed by atoms with Crippen molar-refractivity contribution >= 4 is 32.6 Å². The van der Waals surface area contributed by atoms with E-state index in [0.717, 1.165) is 10.8 Å². The topological polar surface area (TPSA) is 125 Å². The fourth-order valence-electron chi connectivity index (χ4n) is 2.63. The van der Waals surface area contributed by atoms with Gasteiger partial charge in [-0.15, -0.1) is 0 Å². The Labute approximate surface area is 167 Å². The van der Waals surface area contributed by atoms with Crippen LogP contribution >= 0.6 is 0 Å². The fraction of sp³-hybridized carbons (Fsp3) is 0.100. The molecule has 0 atom stereocenters. The van der Waals surface area contributed by atoms with Crippen molar-refractivity contribution in [3.8, 4) is 5.75 Å². The van der Waals surface area contributed by atoms with Crippen LogP contribution in [0.4, 0.5) is 0 Å². The molecule has 0 radical (unpaired) electrons. The molecule has 2 amide bonds. The number of phenolic OH excluding ortho intramolecular Hbond substituents is 1. The van der Waals surface area contributed by atoms with E-state index < -0.39 is 21.8 Å². The molecule has 3 aromatic carbocycles. The first-order chi connectivity index (χ1) is 13.8. The Morgan fingerprint density at radius 2 is 1.62 bits per heavy atom. The molecule has 3 aromatic rings. The molecule has 0 fully saturated rings. The van der Waals surface area contributed by atoms with Gasteiger partial charge in [0.2, 0.25) is 15.9 Å². The lowest BCUT2D eigenvalue weighted by Crippen LogP contribution is -2.42. The number of nitrogens with one attached hydrogen (secondary N) is 3. The maximum Gasteiger partial charge on any atom is 0.269 e. The molecule has 150 valence electrons. The zero-order valence-corrected chi connectivity index (χ0v) is 16.1. The lowest BCUT2D eigenvalue weighted by Gasteiger charge is -2.09. The third-order valence-electron chi connectivity index (χ3n) is 4.10. The number of hydrogen-bond donors (Lipinski definition) is 4. The molecule has 0 aromatic heterocycles. The third kappa shape index (κ3) is 5.31. The Kier molecular flexibility index (Phi) is 6.10. The molecule has 0 saturated carbocycles. The summed E-state index contributed by atoms with van der Waals surface area (Å²) in [5.41, 5.74) is 4.56. The minimum Gasteiger partial charge on any atom is -0.508 e. The quantitative estimate of drug-likeness (QED) is 0.458. The number of fused-ring (bicyclic) bond motifs is 1. The van der Waals surface area contributed by atoms with E-state index in [4.69, 9.17) is 0 Å². The fourth-order valence-corrected chi connectivity index (χ4v) is 3.69. The number of amides is 2. The standard InChI is InChI=1S/C20H19N3O5S/c24-17-7-3-6-16(12-17)20(26)23-22-19(25)10-11-21-29(27,28)18-9-8-14-4-1-2-5-15(14)13-18/h1-9,12-13,21,24H,10-11H2,(H,22,25)(H,23,26). The Morgan fingerprint density at radius 3 is 2.38 bits per heavy atom. The summed E-state index contributed by atoms with van der Waals surface area (Å²) < 4.78 is 27.2. The minimum absolute atomic E-state index is 0.0768. The molecule has 0 unspecified atom stereocenters. The van der Waals surface area contributed by atoms with Crippen molar-refractivity contribution in [2.45, 2.75) is 11.3 Å². The Hall–Kier alpha value is -3.43. The average molecular weight is 413 g/mol. The van der Waals surface area contributed by atoms with Crippen molar-refractivity contribution in [1.82, 2.24) is 15.6 Å². The Balaban J connectivity index is 1.50. The summed E-state index contributed by atoms with van der Waals surface area (Å²) >= 11 is 0. The van der Waals surface area contributed by atoms with Crippen LogP contribution in [0.3, 0.4) is 0 Å². The summed E-state index contributed by atoms with van der Waals surface area (Å²) in [6, 6.07) is 17.8. The molecule has 0 bridgehead atoms. The van der Waals surface area contributed by atoms with Gasteiger partial charge >= 0.3 is 0 Å². The van der Waals surface area contributed by atoms with E-state index in [9.17, 15) is 23.1 Å². The van der Waals surface area contributed by atoms with Crippen molar-refractivity contribution in [3.63, 3.8) is 0 Å². The largest absolute Gasteiger partial charge is 0.508 e. The number of sulfonamides is 1. The van der Waals surface area contributed by atoms with Crippen LogP contribution in [0.5, 0.6) is 5.75 Å². The molecule has 0 aliphatic heterocycles. The van der Waals surface area contributed by atoms with Crippen LogP contribution in [0.25, 0.3) is 10.8 Å². The lowest BCUT2D eigenvalue weighted by molar-refractivity contribution is -0.121. The molecule has 0 spiro atoms. The van der Waals surface area contributed by atoms with Crippen LogP contribution in [0, 0.1) is 0 Å². The van der Waals surface area contributed by atoms with E-state index in [1.165, 1.54) is 30.3 Å². The highest BCUT2D eigenvalue weighted by Crippen LogP contribution is 2.18. The summed E-state index contributed by atoms with van der Waals surface area (Å²) in [5, 5.41) is 11.1. The molecular weight excluding hydrogens is 394 g/mol.